The van der Waals surface area contributed by atoms with Gasteiger partial charge in [-0.15, -0.1) is 0 Å². The summed E-state index contributed by atoms with van der Waals surface area (Å²) < 4.78 is 1.80. The highest BCUT2D eigenvalue weighted by molar-refractivity contribution is 5.25. The maximum atomic E-state index is 5.58. The molecule has 0 saturated heterocycles. The molecule has 0 aliphatic heterocycles. The van der Waals surface area contributed by atoms with Gasteiger partial charge in [0.15, 0.2) is 0 Å². The van der Waals surface area contributed by atoms with Gasteiger partial charge in [0.25, 0.3) is 0 Å². The van der Waals surface area contributed by atoms with E-state index in [4.69, 9.17) is 5.84 Å². The molecule has 0 aliphatic rings. The molecule has 3 N–H and O–H groups in total. The van der Waals surface area contributed by atoms with Gasteiger partial charge in [0, 0.05) is 25.1 Å². The highest BCUT2D eigenvalue weighted by atomic mass is 15.3. The van der Waals surface area contributed by atoms with Crippen LogP contribution in [0.2, 0.25) is 0 Å². The van der Waals surface area contributed by atoms with Gasteiger partial charge in [0.2, 0.25) is 0 Å². The number of rotatable bonds is 3. The van der Waals surface area contributed by atoms with Gasteiger partial charge in [-0.2, -0.15) is 5.10 Å². The van der Waals surface area contributed by atoms with E-state index >= 15 is 0 Å². The van der Waals surface area contributed by atoms with Gasteiger partial charge in [-0.1, -0.05) is 6.07 Å². The van der Waals surface area contributed by atoms with Crippen LogP contribution >= 0.6 is 0 Å². The predicted molar refractivity (Wildman–Crippen MR) is 61.3 cm³/mol. The van der Waals surface area contributed by atoms with Gasteiger partial charge in [0.05, 0.1) is 11.7 Å². The van der Waals surface area contributed by atoms with Gasteiger partial charge >= 0.3 is 0 Å². The Balaban J connectivity index is 2.37. The number of aromatic nitrogens is 3. The summed E-state index contributed by atoms with van der Waals surface area (Å²) in [4.78, 5) is 4.26. The summed E-state index contributed by atoms with van der Waals surface area (Å²) in [6.07, 6.45) is 3.58. The van der Waals surface area contributed by atoms with Crippen molar-refractivity contribution < 1.29 is 0 Å². The van der Waals surface area contributed by atoms with Crippen LogP contribution in [0.1, 0.15) is 23.0 Å². The summed E-state index contributed by atoms with van der Waals surface area (Å²) in [7, 11) is 1.89. The van der Waals surface area contributed by atoms with Crippen molar-refractivity contribution in [2.75, 3.05) is 0 Å². The number of hydrogen-bond acceptors (Lipinski definition) is 4. The minimum atomic E-state index is -0.0828. The van der Waals surface area contributed by atoms with Crippen LogP contribution < -0.4 is 11.3 Å². The van der Waals surface area contributed by atoms with Crippen LogP contribution in [-0.2, 0) is 7.05 Å². The van der Waals surface area contributed by atoms with E-state index in [0.29, 0.717) is 0 Å². The van der Waals surface area contributed by atoms with Crippen molar-refractivity contribution in [1.29, 1.82) is 0 Å². The number of hydrogen-bond donors (Lipinski definition) is 2. The standard InChI is InChI=1S/C11H15N5/c1-8-3-4-9(7-13-8)11(15-12)10-5-6-14-16(10)2/h3-7,11,15H,12H2,1-2H3. The average molecular weight is 217 g/mol. The van der Waals surface area contributed by atoms with E-state index in [1.54, 1.807) is 10.9 Å². The Kier molecular flexibility index (Phi) is 2.98. The second-order valence-electron chi connectivity index (χ2n) is 3.71. The van der Waals surface area contributed by atoms with Crippen molar-refractivity contribution in [3.63, 3.8) is 0 Å². The first-order chi connectivity index (χ1) is 7.72. The van der Waals surface area contributed by atoms with E-state index in [2.05, 4.69) is 15.5 Å². The smallest absolute Gasteiger partial charge is 0.0893 e. The lowest BCUT2D eigenvalue weighted by Gasteiger charge is -2.16. The number of hydrazine groups is 1. The molecule has 0 fully saturated rings. The fraction of sp³-hybridized carbons (Fsp3) is 0.273. The summed E-state index contributed by atoms with van der Waals surface area (Å²) in [6.45, 7) is 1.96. The van der Waals surface area contributed by atoms with E-state index in [1.165, 1.54) is 0 Å². The second kappa shape index (κ2) is 4.42. The minimum absolute atomic E-state index is 0.0828. The average Bonchev–Trinajstić information content (AvgIpc) is 2.69. The molecule has 2 heterocycles. The fourth-order valence-corrected chi connectivity index (χ4v) is 1.67. The number of nitrogens with zero attached hydrogens (tertiary/aromatic N) is 3. The molecule has 0 amide bonds. The first kappa shape index (κ1) is 10.8. The molecule has 1 unspecified atom stereocenters. The van der Waals surface area contributed by atoms with Crippen molar-refractivity contribution in [2.45, 2.75) is 13.0 Å². The quantitative estimate of drug-likeness (QED) is 0.586. The van der Waals surface area contributed by atoms with Crippen LogP contribution in [-0.4, -0.2) is 14.8 Å². The van der Waals surface area contributed by atoms with Crippen LogP contribution in [0.25, 0.3) is 0 Å². The van der Waals surface area contributed by atoms with Crippen molar-refractivity contribution >= 4 is 0 Å². The molecule has 2 aromatic rings. The first-order valence-corrected chi connectivity index (χ1v) is 5.09. The van der Waals surface area contributed by atoms with Gasteiger partial charge in [-0.3, -0.25) is 15.5 Å². The molecule has 5 heteroatoms. The molecule has 0 radical (unpaired) electrons. The Morgan fingerprint density at radius 3 is 2.69 bits per heavy atom. The highest BCUT2D eigenvalue weighted by Gasteiger charge is 2.15. The highest BCUT2D eigenvalue weighted by Crippen LogP contribution is 2.19. The molecule has 1 atom stereocenters. The summed E-state index contributed by atoms with van der Waals surface area (Å²) in [5, 5.41) is 4.13. The van der Waals surface area contributed by atoms with E-state index in [9.17, 15) is 0 Å². The molecule has 0 spiro atoms. The van der Waals surface area contributed by atoms with Crippen LogP contribution in [0.4, 0.5) is 0 Å². The van der Waals surface area contributed by atoms with Crippen LogP contribution in [0, 0.1) is 6.92 Å². The Morgan fingerprint density at radius 1 is 1.38 bits per heavy atom. The SMILES string of the molecule is Cc1ccc(C(NN)c2ccnn2C)cn1. The second-order valence-corrected chi connectivity index (χ2v) is 3.71. The van der Waals surface area contributed by atoms with Crippen molar-refractivity contribution in [1.82, 2.24) is 20.2 Å². The number of nitrogens with two attached hydrogens (primary N) is 1. The van der Waals surface area contributed by atoms with Crippen molar-refractivity contribution in [3.05, 3.63) is 47.5 Å². The summed E-state index contributed by atoms with van der Waals surface area (Å²) >= 11 is 0. The van der Waals surface area contributed by atoms with E-state index in [-0.39, 0.29) is 6.04 Å². The first-order valence-electron chi connectivity index (χ1n) is 5.09. The van der Waals surface area contributed by atoms with Crippen LogP contribution in [0.15, 0.2) is 30.6 Å². The molecule has 0 aromatic carbocycles. The summed E-state index contributed by atoms with van der Waals surface area (Å²) in [6, 6.07) is 5.83. The molecule has 84 valence electrons. The maximum absolute atomic E-state index is 5.58. The van der Waals surface area contributed by atoms with Gasteiger partial charge in [-0.05, 0) is 24.6 Å². The van der Waals surface area contributed by atoms with Gasteiger partial charge in [-0.25, -0.2) is 5.43 Å². The lowest BCUT2D eigenvalue weighted by atomic mass is 10.1. The zero-order valence-electron chi connectivity index (χ0n) is 9.38. The molecular weight excluding hydrogens is 202 g/mol. The lowest BCUT2D eigenvalue weighted by molar-refractivity contribution is 0.573. The molecule has 2 aromatic heterocycles. The van der Waals surface area contributed by atoms with Crippen molar-refractivity contribution in [2.24, 2.45) is 12.9 Å². The third-order valence-electron chi connectivity index (χ3n) is 2.59. The third-order valence-corrected chi connectivity index (χ3v) is 2.59. The topological polar surface area (TPSA) is 68.8 Å². The summed E-state index contributed by atoms with van der Waals surface area (Å²) in [5.41, 5.74) is 5.80. The molecular formula is C11H15N5. The van der Waals surface area contributed by atoms with Gasteiger partial charge in [0.1, 0.15) is 0 Å². The fourth-order valence-electron chi connectivity index (χ4n) is 1.67. The number of pyridine rings is 1. The van der Waals surface area contributed by atoms with E-state index in [0.717, 1.165) is 17.0 Å². The third kappa shape index (κ3) is 1.95. The van der Waals surface area contributed by atoms with E-state index in [1.807, 2.05) is 38.4 Å². The lowest BCUT2D eigenvalue weighted by Crippen LogP contribution is -2.30. The number of nitrogens with one attached hydrogen (secondary N) is 1. The molecule has 5 nitrogen and oxygen atoms in total. The van der Waals surface area contributed by atoms with Crippen LogP contribution in [0.3, 0.4) is 0 Å². The molecule has 0 saturated carbocycles. The Morgan fingerprint density at radius 2 is 2.19 bits per heavy atom. The summed E-state index contributed by atoms with van der Waals surface area (Å²) in [5.74, 6) is 5.58. The van der Waals surface area contributed by atoms with Gasteiger partial charge < -0.3 is 0 Å². The molecule has 0 bridgehead atoms. The number of aryl methyl sites for hydroxylation is 2. The zero-order valence-corrected chi connectivity index (χ0v) is 9.38. The zero-order chi connectivity index (χ0) is 11.5. The minimum Gasteiger partial charge on any atom is -0.271 e. The Labute approximate surface area is 94.3 Å². The Hall–Kier alpha value is -1.72. The largest absolute Gasteiger partial charge is 0.271 e. The molecule has 16 heavy (non-hydrogen) atoms. The van der Waals surface area contributed by atoms with Crippen molar-refractivity contribution in [3.8, 4) is 0 Å². The molecule has 0 aliphatic carbocycles. The molecule has 2 rings (SSSR count). The monoisotopic (exact) mass is 217 g/mol. The Bertz CT molecular complexity index is 459. The maximum Gasteiger partial charge on any atom is 0.0893 e. The van der Waals surface area contributed by atoms with E-state index < -0.39 is 0 Å². The predicted octanol–water partition coefficient (Wildman–Crippen LogP) is 0.676. The van der Waals surface area contributed by atoms with Crippen LogP contribution in [0.5, 0.6) is 0 Å². The normalized spacial score (nSPS) is 12.7.